The summed E-state index contributed by atoms with van der Waals surface area (Å²) in [6, 6.07) is 14.1. The van der Waals surface area contributed by atoms with Gasteiger partial charge >= 0.3 is 0 Å². The van der Waals surface area contributed by atoms with Crippen molar-refractivity contribution >= 4 is 12.0 Å². The molecule has 98 valence electrons. The summed E-state index contributed by atoms with van der Waals surface area (Å²) in [5.41, 5.74) is 3.67. The average molecular weight is 256 g/mol. The lowest BCUT2D eigenvalue weighted by molar-refractivity contribution is -0.124. The number of hydrogen-bond donors (Lipinski definition) is 2. The minimum absolute atomic E-state index is 0.174. The third kappa shape index (κ3) is 3.11. The number of nitrogens with one attached hydrogen (secondary N) is 1. The molecule has 4 nitrogen and oxygen atoms in total. The van der Waals surface area contributed by atoms with E-state index < -0.39 is 5.91 Å². The molecular weight excluding hydrogens is 240 g/mol. The molecule has 2 N–H and O–H groups in total. The Kier molecular flexibility index (Phi) is 4.15. The molecule has 1 aromatic carbocycles. The smallest absolute Gasteiger partial charge is 0.267 e. The third-order valence-corrected chi connectivity index (χ3v) is 3.03. The second-order valence-electron chi connectivity index (χ2n) is 4.24. The second kappa shape index (κ2) is 6.02. The van der Waals surface area contributed by atoms with Crippen molar-refractivity contribution in [3.8, 4) is 0 Å². The lowest BCUT2D eigenvalue weighted by atomic mass is 10.1. The fourth-order valence-corrected chi connectivity index (χ4v) is 1.99. The van der Waals surface area contributed by atoms with Crippen molar-refractivity contribution in [1.29, 1.82) is 0 Å². The van der Waals surface area contributed by atoms with Crippen LogP contribution in [0.25, 0.3) is 6.08 Å². The Hall–Kier alpha value is -2.33. The van der Waals surface area contributed by atoms with Crippen molar-refractivity contribution in [2.75, 3.05) is 0 Å². The summed E-state index contributed by atoms with van der Waals surface area (Å²) in [6.45, 7) is 2.10. The summed E-state index contributed by atoms with van der Waals surface area (Å²) >= 11 is 0. The van der Waals surface area contributed by atoms with E-state index in [1.165, 1.54) is 11.6 Å². The zero-order valence-electron chi connectivity index (χ0n) is 10.7. The van der Waals surface area contributed by atoms with E-state index in [1.807, 2.05) is 36.5 Å². The topological polar surface area (TPSA) is 54.3 Å². The van der Waals surface area contributed by atoms with Crippen LogP contribution in [-0.4, -0.2) is 15.7 Å². The summed E-state index contributed by atoms with van der Waals surface area (Å²) in [5, 5.41) is 8.46. The number of carbonyl (C=O) groups excluding carboxylic acids is 1. The van der Waals surface area contributed by atoms with Crippen LogP contribution < -0.4 is 5.48 Å². The Bertz CT molecular complexity index is 573. The summed E-state index contributed by atoms with van der Waals surface area (Å²) in [5.74, 6) is -0.542. The summed E-state index contributed by atoms with van der Waals surface area (Å²) in [7, 11) is 0. The van der Waals surface area contributed by atoms with Gasteiger partial charge in [0.05, 0.1) is 6.04 Å². The molecule has 0 spiro atoms. The van der Waals surface area contributed by atoms with Gasteiger partial charge in [-0.05, 0) is 30.7 Å². The van der Waals surface area contributed by atoms with Gasteiger partial charge in [-0.3, -0.25) is 10.0 Å². The molecule has 4 heteroatoms. The largest absolute Gasteiger partial charge is 0.341 e. The summed E-state index contributed by atoms with van der Waals surface area (Å²) in [4.78, 5) is 11.0. The highest BCUT2D eigenvalue weighted by molar-refractivity contribution is 5.90. The summed E-state index contributed by atoms with van der Waals surface area (Å²) < 4.78 is 2.07. The van der Waals surface area contributed by atoms with Gasteiger partial charge < -0.3 is 4.57 Å². The van der Waals surface area contributed by atoms with Crippen LogP contribution in [0.4, 0.5) is 0 Å². The maximum absolute atomic E-state index is 11.0. The zero-order valence-corrected chi connectivity index (χ0v) is 10.7. The van der Waals surface area contributed by atoms with Crippen molar-refractivity contribution in [3.05, 3.63) is 66.0 Å². The molecule has 0 saturated heterocycles. The van der Waals surface area contributed by atoms with E-state index in [9.17, 15) is 4.79 Å². The van der Waals surface area contributed by atoms with Crippen LogP contribution in [0, 0.1) is 0 Å². The maximum atomic E-state index is 11.0. The first-order valence-electron chi connectivity index (χ1n) is 6.06. The standard InChI is InChI=1S/C15H16N2O2/c1-12(13-6-3-2-4-7-13)17-11-5-8-14(17)9-10-15(18)16-19/h2-12,19H,1H3,(H,16,18)/b10-9+. The van der Waals surface area contributed by atoms with Gasteiger partial charge in [0.15, 0.2) is 0 Å². The molecule has 2 rings (SSSR count). The number of aromatic nitrogens is 1. The number of carbonyl (C=O) groups is 1. The number of hydroxylamine groups is 1. The lowest BCUT2D eigenvalue weighted by Crippen LogP contribution is -2.15. The summed E-state index contributed by atoms with van der Waals surface area (Å²) in [6.07, 6.45) is 4.93. The van der Waals surface area contributed by atoms with Gasteiger partial charge in [-0.25, -0.2) is 5.48 Å². The molecule has 19 heavy (non-hydrogen) atoms. The number of rotatable bonds is 4. The van der Waals surface area contributed by atoms with Crippen LogP contribution in [0.2, 0.25) is 0 Å². The van der Waals surface area contributed by atoms with E-state index in [2.05, 4.69) is 23.6 Å². The predicted molar refractivity (Wildman–Crippen MR) is 73.7 cm³/mol. The van der Waals surface area contributed by atoms with Crippen LogP contribution in [0.5, 0.6) is 0 Å². The van der Waals surface area contributed by atoms with Crippen LogP contribution in [0.3, 0.4) is 0 Å². The van der Waals surface area contributed by atoms with E-state index in [4.69, 9.17) is 5.21 Å². The van der Waals surface area contributed by atoms with Crippen molar-refractivity contribution < 1.29 is 10.0 Å². The van der Waals surface area contributed by atoms with E-state index in [-0.39, 0.29) is 6.04 Å². The first kappa shape index (κ1) is 13.1. The SMILES string of the molecule is CC(c1ccccc1)n1cccc1/C=C/C(=O)NO. The Morgan fingerprint density at radius 1 is 1.26 bits per heavy atom. The second-order valence-corrected chi connectivity index (χ2v) is 4.24. The van der Waals surface area contributed by atoms with Crippen LogP contribution >= 0.6 is 0 Å². The highest BCUT2D eigenvalue weighted by Gasteiger charge is 2.08. The monoisotopic (exact) mass is 256 g/mol. The first-order valence-corrected chi connectivity index (χ1v) is 6.06. The van der Waals surface area contributed by atoms with Gasteiger partial charge in [-0.15, -0.1) is 0 Å². The Labute approximate surface area is 112 Å². The number of hydrogen-bond acceptors (Lipinski definition) is 2. The minimum Gasteiger partial charge on any atom is -0.341 e. The molecule has 1 heterocycles. The van der Waals surface area contributed by atoms with Gasteiger partial charge in [0.2, 0.25) is 0 Å². The van der Waals surface area contributed by atoms with Crippen LogP contribution in [-0.2, 0) is 4.79 Å². The molecule has 1 atom stereocenters. The van der Waals surface area contributed by atoms with Gasteiger partial charge in [0.25, 0.3) is 5.91 Å². The number of nitrogens with zero attached hydrogens (tertiary/aromatic N) is 1. The molecule has 0 fully saturated rings. The Morgan fingerprint density at radius 3 is 2.68 bits per heavy atom. The van der Waals surface area contributed by atoms with Crippen LogP contribution in [0.1, 0.15) is 24.2 Å². The van der Waals surface area contributed by atoms with E-state index in [1.54, 1.807) is 11.6 Å². The zero-order chi connectivity index (χ0) is 13.7. The normalized spacial score (nSPS) is 12.5. The Morgan fingerprint density at radius 2 is 2.00 bits per heavy atom. The minimum atomic E-state index is -0.542. The highest BCUT2D eigenvalue weighted by atomic mass is 16.5. The molecule has 0 aliphatic heterocycles. The lowest BCUT2D eigenvalue weighted by Gasteiger charge is -2.16. The van der Waals surface area contributed by atoms with Gasteiger partial charge in [-0.2, -0.15) is 0 Å². The van der Waals surface area contributed by atoms with Crippen molar-refractivity contribution in [3.63, 3.8) is 0 Å². The molecule has 0 aliphatic carbocycles. The first-order chi connectivity index (χ1) is 9.22. The fourth-order valence-electron chi connectivity index (χ4n) is 1.99. The molecule has 0 saturated carbocycles. The van der Waals surface area contributed by atoms with Crippen molar-refractivity contribution in [1.82, 2.24) is 10.0 Å². The molecule has 0 aliphatic rings. The van der Waals surface area contributed by atoms with Crippen molar-refractivity contribution in [2.45, 2.75) is 13.0 Å². The molecular formula is C15H16N2O2. The highest BCUT2D eigenvalue weighted by Crippen LogP contribution is 2.20. The average Bonchev–Trinajstić information content (AvgIpc) is 2.93. The molecule has 0 radical (unpaired) electrons. The molecule has 1 aromatic heterocycles. The molecule has 1 amide bonds. The van der Waals surface area contributed by atoms with E-state index >= 15 is 0 Å². The fraction of sp³-hybridized carbons (Fsp3) is 0.133. The third-order valence-electron chi connectivity index (χ3n) is 3.03. The van der Waals surface area contributed by atoms with E-state index in [0.29, 0.717) is 0 Å². The predicted octanol–water partition coefficient (Wildman–Crippen LogP) is 2.62. The molecule has 1 unspecified atom stereocenters. The van der Waals surface area contributed by atoms with Gasteiger partial charge in [0, 0.05) is 18.0 Å². The van der Waals surface area contributed by atoms with Gasteiger partial charge in [0.1, 0.15) is 0 Å². The molecule has 2 aromatic rings. The maximum Gasteiger partial charge on any atom is 0.267 e. The Balaban J connectivity index is 2.24. The molecule has 0 bridgehead atoms. The van der Waals surface area contributed by atoms with Gasteiger partial charge in [-0.1, -0.05) is 30.3 Å². The van der Waals surface area contributed by atoms with Crippen molar-refractivity contribution in [2.24, 2.45) is 0 Å². The van der Waals surface area contributed by atoms with E-state index in [0.717, 1.165) is 5.69 Å². The quantitative estimate of drug-likeness (QED) is 0.502. The number of amides is 1. The number of benzene rings is 1. The van der Waals surface area contributed by atoms with Crippen LogP contribution in [0.15, 0.2) is 54.7 Å².